The summed E-state index contributed by atoms with van der Waals surface area (Å²) in [6.45, 7) is 4.98. The molecule has 2 aliphatic heterocycles. The van der Waals surface area contributed by atoms with Gasteiger partial charge >= 0.3 is 0 Å². The van der Waals surface area contributed by atoms with Gasteiger partial charge in [0.05, 0.1) is 31.5 Å². The number of hydrogen-bond acceptors (Lipinski definition) is 4. The van der Waals surface area contributed by atoms with E-state index in [0.29, 0.717) is 32.9 Å². The molecular weight excluding hydrogens is 328 g/mol. The monoisotopic (exact) mass is 352 g/mol. The summed E-state index contributed by atoms with van der Waals surface area (Å²) in [5.74, 6) is 0.0895. The highest BCUT2D eigenvalue weighted by molar-refractivity contribution is 6.00. The predicted octanol–water partition coefficient (Wildman–Crippen LogP) is 2.56. The molecule has 0 aliphatic carbocycles. The van der Waals surface area contributed by atoms with Crippen molar-refractivity contribution in [2.45, 2.75) is 12.7 Å². The first-order chi connectivity index (χ1) is 12.8. The lowest BCUT2D eigenvalue weighted by molar-refractivity contribution is -0.0502. The fraction of sp³-hybridized carbons (Fsp3) is 0.381. The lowest BCUT2D eigenvalue weighted by Crippen LogP contribution is -2.55. The molecule has 0 aromatic heterocycles. The molecule has 2 aliphatic rings. The molecule has 0 spiro atoms. The van der Waals surface area contributed by atoms with Crippen LogP contribution in [0.5, 0.6) is 0 Å². The van der Waals surface area contributed by atoms with Gasteiger partial charge in [-0.15, -0.1) is 0 Å². The van der Waals surface area contributed by atoms with Crippen molar-refractivity contribution in [3.63, 3.8) is 0 Å². The molecule has 136 valence electrons. The number of morpholine rings is 1. The minimum Gasteiger partial charge on any atom is -0.378 e. The number of ether oxygens (including phenoxy) is 2. The van der Waals surface area contributed by atoms with E-state index in [1.54, 1.807) is 0 Å². The summed E-state index contributed by atoms with van der Waals surface area (Å²) in [6.07, 6.45) is 0.120. The minimum atomic E-state index is 0.0895. The Kier molecular flexibility index (Phi) is 5.18. The van der Waals surface area contributed by atoms with Crippen LogP contribution in [0.1, 0.15) is 15.9 Å². The van der Waals surface area contributed by atoms with Gasteiger partial charge in [0.2, 0.25) is 0 Å². The molecule has 2 aromatic rings. The summed E-state index contributed by atoms with van der Waals surface area (Å²) >= 11 is 0. The molecule has 0 atom stereocenters. The van der Waals surface area contributed by atoms with E-state index in [-0.39, 0.29) is 12.0 Å². The van der Waals surface area contributed by atoms with E-state index in [2.05, 4.69) is 17.0 Å². The number of carbonyl (C=O) groups is 1. The van der Waals surface area contributed by atoms with Crippen molar-refractivity contribution in [1.29, 1.82) is 0 Å². The Balaban J connectivity index is 1.34. The Morgan fingerprint density at radius 2 is 1.69 bits per heavy atom. The van der Waals surface area contributed by atoms with Crippen LogP contribution < -0.4 is 4.90 Å². The average molecular weight is 352 g/mol. The number of nitrogens with zero attached hydrogens (tertiary/aromatic N) is 2. The number of amides is 1. The topological polar surface area (TPSA) is 42.0 Å². The second-order valence-electron chi connectivity index (χ2n) is 6.75. The van der Waals surface area contributed by atoms with Crippen LogP contribution in [0.2, 0.25) is 0 Å². The van der Waals surface area contributed by atoms with Gasteiger partial charge in [-0.05, 0) is 17.7 Å². The molecule has 0 saturated carbocycles. The molecule has 5 nitrogen and oxygen atoms in total. The maximum absolute atomic E-state index is 12.9. The van der Waals surface area contributed by atoms with Crippen LogP contribution in [0.25, 0.3) is 0 Å². The van der Waals surface area contributed by atoms with Crippen LogP contribution in [-0.2, 0) is 16.1 Å². The zero-order valence-electron chi connectivity index (χ0n) is 14.8. The molecule has 0 unspecified atom stereocenters. The smallest absolute Gasteiger partial charge is 0.256 e. The fourth-order valence-electron chi connectivity index (χ4n) is 3.40. The Morgan fingerprint density at radius 3 is 2.46 bits per heavy atom. The van der Waals surface area contributed by atoms with E-state index in [1.165, 1.54) is 0 Å². The summed E-state index contributed by atoms with van der Waals surface area (Å²) in [5, 5.41) is 0. The number of likely N-dealkylation sites (tertiary alicyclic amines) is 1. The van der Waals surface area contributed by atoms with E-state index in [9.17, 15) is 4.79 Å². The van der Waals surface area contributed by atoms with Gasteiger partial charge in [-0.1, -0.05) is 42.5 Å². The normalized spacial score (nSPS) is 17.8. The van der Waals surface area contributed by atoms with E-state index in [0.717, 1.165) is 29.9 Å². The van der Waals surface area contributed by atoms with E-state index >= 15 is 0 Å². The second kappa shape index (κ2) is 7.89. The van der Waals surface area contributed by atoms with E-state index in [1.807, 2.05) is 47.4 Å². The average Bonchev–Trinajstić information content (AvgIpc) is 2.68. The molecule has 5 heteroatoms. The Hall–Kier alpha value is -2.37. The van der Waals surface area contributed by atoms with Gasteiger partial charge in [0.25, 0.3) is 5.91 Å². The molecule has 1 amide bonds. The van der Waals surface area contributed by atoms with Gasteiger partial charge in [-0.25, -0.2) is 0 Å². The highest BCUT2D eigenvalue weighted by Gasteiger charge is 2.33. The maximum atomic E-state index is 12.9. The van der Waals surface area contributed by atoms with Gasteiger partial charge in [0.15, 0.2) is 0 Å². The first-order valence-corrected chi connectivity index (χ1v) is 9.18. The summed E-state index contributed by atoms with van der Waals surface area (Å²) < 4.78 is 11.3. The predicted molar refractivity (Wildman–Crippen MR) is 100 cm³/mol. The van der Waals surface area contributed by atoms with Crippen LogP contribution in [0, 0.1) is 0 Å². The van der Waals surface area contributed by atoms with Gasteiger partial charge in [0, 0.05) is 31.9 Å². The molecule has 0 N–H and O–H groups in total. The highest BCUT2D eigenvalue weighted by atomic mass is 16.5. The van der Waals surface area contributed by atoms with Gasteiger partial charge in [-0.3, -0.25) is 4.79 Å². The summed E-state index contributed by atoms with van der Waals surface area (Å²) in [4.78, 5) is 17.0. The first-order valence-electron chi connectivity index (χ1n) is 9.18. The number of hydrogen-bond donors (Lipinski definition) is 0. The SMILES string of the molecule is O=C(c1ccccc1N1CCOCC1)N1CC(OCc2ccccc2)C1. The van der Waals surface area contributed by atoms with E-state index in [4.69, 9.17) is 9.47 Å². The Labute approximate surface area is 154 Å². The van der Waals surface area contributed by atoms with Crippen LogP contribution in [0.4, 0.5) is 5.69 Å². The van der Waals surface area contributed by atoms with Gasteiger partial charge in [0.1, 0.15) is 0 Å². The van der Waals surface area contributed by atoms with Crippen molar-refractivity contribution in [1.82, 2.24) is 4.90 Å². The molecule has 2 heterocycles. The van der Waals surface area contributed by atoms with Crippen molar-refractivity contribution in [3.05, 3.63) is 65.7 Å². The maximum Gasteiger partial charge on any atom is 0.256 e. The molecule has 2 aromatic carbocycles. The second-order valence-corrected chi connectivity index (χ2v) is 6.75. The third-order valence-corrected chi connectivity index (χ3v) is 4.95. The van der Waals surface area contributed by atoms with Gasteiger partial charge < -0.3 is 19.3 Å². The summed E-state index contributed by atoms with van der Waals surface area (Å²) in [7, 11) is 0. The highest BCUT2D eigenvalue weighted by Crippen LogP contribution is 2.25. The number of carbonyl (C=O) groups excluding carboxylic acids is 1. The van der Waals surface area contributed by atoms with Crippen molar-refractivity contribution in [2.75, 3.05) is 44.3 Å². The number of benzene rings is 2. The quantitative estimate of drug-likeness (QED) is 0.829. The molecule has 0 radical (unpaired) electrons. The molecule has 0 bridgehead atoms. The van der Waals surface area contributed by atoms with Crippen molar-refractivity contribution < 1.29 is 14.3 Å². The first kappa shape index (κ1) is 17.1. The van der Waals surface area contributed by atoms with Crippen LogP contribution in [0.15, 0.2) is 54.6 Å². The van der Waals surface area contributed by atoms with Crippen molar-refractivity contribution in [2.24, 2.45) is 0 Å². The third kappa shape index (κ3) is 3.74. The Bertz CT molecular complexity index is 738. The third-order valence-electron chi connectivity index (χ3n) is 4.95. The summed E-state index contributed by atoms with van der Waals surface area (Å²) in [5.41, 5.74) is 2.94. The zero-order chi connectivity index (χ0) is 17.8. The van der Waals surface area contributed by atoms with Crippen LogP contribution in [0.3, 0.4) is 0 Å². The molecule has 4 rings (SSSR count). The lowest BCUT2D eigenvalue weighted by Gasteiger charge is -2.40. The lowest BCUT2D eigenvalue weighted by atomic mass is 10.1. The zero-order valence-corrected chi connectivity index (χ0v) is 14.8. The molecule has 2 saturated heterocycles. The van der Waals surface area contributed by atoms with Gasteiger partial charge in [-0.2, -0.15) is 0 Å². The van der Waals surface area contributed by atoms with Crippen LogP contribution >= 0.6 is 0 Å². The number of anilines is 1. The summed E-state index contributed by atoms with van der Waals surface area (Å²) in [6, 6.07) is 18.0. The molecule has 2 fully saturated rings. The Morgan fingerprint density at radius 1 is 1.00 bits per heavy atom. The van der Waals surface area contributed by atoms with E-state index < -0.39 is 0 Å². The van der Waals surface area contributed by atoms with Crippen LogP contribution in [-0.4, -0.2) is 56.3 Å². The molecular formula is C21H24N2O3. The largest absolute Gasteiger partial charge is 0.378 e. The minimum absolute atomic E-state index is 0.0895. The molecule has 26 heavy (non-hydrogen) atoms. The van der Waals surface area contributed by atoms with Crippen molar-refractivity contribution >= 4 is 11.6 Å². The fourth-order valence-corrected chi connectivity index (χ4v) is 3.40. The number of rotatable bonds is 5. The number of para-hydroxylation sites is 1. The standard InChI is InChI=1S/C21H24N2O3/c24-21(19-8-4-5-9-20(19)22-10-12-25-13-11-22)23-14-18(15-23)26-16-17-6-2-1-3-7-17/h1-9,18H,10-16H2. The van der Waals surface area contributed by atoms with Crippen molar-refractivity contribution in [3.8, 4) is 0 Å².